The first-order valence-electron chi connectivity index (χ1n) is 8.29. The van der Waals surface area contributed by atoms with Crippen LogP contribution < -0.4 is 5.32 Å². The summed E-state index contributed by atoms with van der Waals surface area (Å²) in [7, 11) is 0. The van der Waals surface area contributed by atoms with E-state index in [0.29, 0.717) is 6.42 Å². The van der Waals surface area contributed by atoms with Crippen molar-refractivity contribution in [1.29, 1.82) is 5.26 Å². The first-order valence-corrected chi connectivity index (χ1v) is 8.29. The third-order valence-electron chi connectivity index (χ3n) is 4.55. The number of fused-ring (bicyclic) bond motifs is 1. The number of benzene rings is 2. The van der Waals surface area contributed by atoms with E-state index in [1.54, 1.807) is 0 Å². The van der Waals surface area contributed by atoms with Gasteiger partial charge < -0.3 is 15.2 Å². The monoisotopic (exact) mass is 336 g/mol. The third kappa shape index (κ3) is 3.98. The van der Waals surface area contributed by atoms with Gasteiger partial charge in [-0.15, -0.1) is 0 Å². The molecule has 2 aromatic carbocycles. The Morgan fingerprint density at radius 3 is 2.68 bits per heavy atom. The van der Waals surface area contributed by atoms with Crippen molar-refractivity contribution in [1.82, 2.24) is 5.32 Å². The molecule has 0 fully saturated rings. The number of alkyl carbamates (subject to hydrolysis) is 1. The highest BCUT2D eigenvalue weighted by Crippen LogP contribution is 2.34. The van der Waals surface area contributed by atoms with Gasteiger partial charge in [0.2, 0.25) is 0 Å². The van der Waals surface area contributed by atoms with Crippen LogP contribution in [0.1, 0.15) is 29.0 Å². The van der Waals surface area contributed by atoms with Crippen LogP contribution in [0.4, 0.5) is 4.79 Å². The van der Waals surface area contributed by atoms with E-state index in [0.717, 1.165) is 16.7 Å². The van der Waals surface area contributed by atoms with Crippen molar-refractivity contribution in [3.63, 3.8) is 0 Å². The topological polar surface area (TPSA) is 82.4 Å². The van der Waals surface area contributed by atoms with Gasteiger partial charge in [0.15, 0.2) is 0 Å². The number of aliphatic hydroxyl groups excluding tert-OH is 1. The number of hydrogen-bond acceptors (Lipinski definition) is 4. The highest BCUT2D eigenvalue weighted by Gasteiger charge is 2.36. The van der Waals surface area contributed by atoms with Gasteiger partial charge in [-0.05, 0) is 23.1 Å². The summed E-state index contributed by atoms with van der Waals surface area (Å²) in [6, 6.07) is 18.8. The van der Waals surface area contributed by atoms with Crippen LogP contribution in [0.15, 0.2) is 54.6 Å². The number of hydrogen-bond donors (Lipinski definition) is 2. The molecule has 128 valence electrons. The zero-order chi connectivity index (χ0) is 17.6. The lowest BCUT2D eigenvalue weighted by Gasteiger charge is -2.35. The summed E-state index contributed by atoms with van der Waals surface area (Å²) in [4.78, 5) is 12.1. The number of aliphatic hydroxyl groups is 1. The number of ether oxygens (including phenoxy) is 1. The molecule has 0 saturated carbocycles. The number of rotatable bonds is 4. The van der Waals surface area contributed by atoms with Gasteiger partial charge in [0.25, 0.3) is 0 Å². The highest BCUT2D eigenvalue weighted by atomic mass is 16.5. The number of amides is 1. The average Bonchev–Trinajstić information content (AvgIpc) is 2.64. The van der Waals surface area contributed by atoms with Crippen LogP contribution in [-0.4, -0.2) is 23.3 Å². The zero-order valence-corrected chi connectivity index (χ0v) is 13.8. The van der Waals surface area contributed by atoms with Gasteiger partial charge in [-0.25, -0.2) is 4.79 Å². The van der Waals surface area contributed by atoms with Crippen molar-refractivity contribution in [3.05, 3.63) is 71.3 Å². The molecule has 3 atom stereocenters. The smallest absolute Gasteiger partial charge is 0.407 e. The predicted octanol–water partition coefficient (Wildman–Crippen LogP) is 2.90. The molecular formula is C20H20N2O3. The lowest BCUT2D eigenvalue weighted by molar-refractivity contribution is 0.0790. The molecule has 0 bridgehead atoms. The van der Waals surface area contributed by atoms with E-state index >= 15 is 0 Å². The van der Waals surface area contributed by atoms with Crippen LogP contribution in [0.3, 0.4) is 0 Å². The van der Waals surface area contributed by atoms with Crippen LogP contribution in [-0.2, 0) is 17.8 Å². The van der Waals surface area contributed by atoms with Gasteiger partial charge in [0.05, 0.1) is 18.2 Å². The highest BCUT2D eigenvalue weighted by molar-refractivity contribution is 5.68. The quantitative estimate of drug-likeness (QED) is 0.899. The molecule has 3 rings (SSSR count). The molecule has 0 aromatic heterocycles. The molecule has 5 nitrogen and oxygen atoms in total. The SMILES string of the molecule is N#CC[C@@H]1c2ccccc2C[C@@H](NC(=O)OCc2ccccc2)[C@@H]1O. The molecule has 0 unspecified atom stereocenters. The van der Waals surface area contributed by atoms with Gasteiger partial charge in [-0.1, -0.05) is 54.6 Å². The lowest BCUT2D eigenvalue weighted by Crippen LogP contribution is -2.50. The first-order chi connectivity index (χ1) is 12.2. The Morgan fingerprint density at radius 1 is 1.20 bits per heavy atom. The Kier molecular flexibility index (Phi) is 5.32. The Bertz CT molecular complexity index is 770. The Labute approximate surface area is 146 Å². The van der Waals surface area contributed by atoms with E-state index in [1.807, 2.05) is 54.6 Å². The van der Waals surface area contributed by atoms with E-state index in [1.165, 1.54) is 0 Å². The average molecular weight is 336 g/mol. The van der Waals surface area contributed by atoms with Gasteiger partial charge in [0.1, 0.15) is 6.61 Å². The van der Waals surface area contributed by atoms with Gasteiger partial charge >= 0.3 is 6.09 Å². The van der Waals surface area contributed by atoms with Crippen molar-refractivity contribution in [2.45, 2.75) is 37.5 Å². The van der Waals surface area contributed by atoms with Gasteiger partial charge in [-0.2, -0.15) is 5.26 Å². The molecule has 0 aliphatic heterocycles. The molecule has 0 heterocycles. The largest absolute Gasteiger partial charge is 0.445 e. The van der Waals surface area contributed by atoms with E-state index in [2.05, 4.69) is 11.4 Å². The van der Waals surface area contributed by atoms with Crippen LogP contribution >= 0.6 is 0 Å². The summed E-state index contributed by atoms with van der Waals surface area (Å²) in [5.74, 6) is -0.311. The number of nitrogens with zero attached hydrogens (tertiary/aromatic N) is 1. The van der Waals surface area contributed by atoms with Crippen LogP contribution in [0.2, 0.25) is 0 Å². The maximum Gasteiger partial charge on any atom is 0.407 e. The van der Waals surface area contributed by atoms with Crippen LogP contribution in [0, 0.1) is 11.3 Å². The standard InChI is InChI=1S/C20H20N2O3/c21-11-10-17-16-9-5-4-8-15(16)12-18(19(17)23)22-20(24)25-13-14-6-2-1-3-7-14/h1-9,17-19,23H,10,12-13H2,(H,22,24)/t17-,18-,19-/m1/s1. The van der Waals surface area contributed by atoms with Gasteiger partial charge in [0, 0.05) is 12.3 Å². The zero-order valence-electron chi connectivity index (χ0n) is 13.8. The lowest BCUT2D eigenvalue weighted by atomic mass is 9.76. The summed E-state index contributed by atoms with van der Waals surface area (Å²) >= 11 is 0. The van der Waals surface area contributed by atoms with Gasteiger partial charge in [-0.3, -0.25) is 0 Å². The van der Waals surface area contributed by atoms with Crippen molar-refractivity contribution >= 4 is 6.09 Å². The fourth-order valence-corrected chi connectivity index (χ4v) is 3.29. The van der Waals surface area contributed by atoms with E-state index in [-0.39, 0.29) is 18.9 Å². The van der Waals surface area contributed by atoms with Crippen molar-refractivity contribution in [3.8, 4) is 6.07 Å². The van der Waals surface area contributed by atoms with Crippen molar-refractivity contribution < 1.29 is 14.6 Å². The second-order valence-electron chi connectivity index (χ2n) is 6.17. The second kappa shape index (κ2) is 7.82. The van der Waals surface area contributed by atoms with Crippen molar-refractivity contribution in [2.24, 2.45) is 0 Å². The normalized spacial score (nSPS) is 21.7. The molecule has 1 amide bonds. The molecule has 5 heteroatoms. The summed E-state index contributed by atoms with van der Waals surface area (Å²) in [6.45, 7) is 0.174. The van der Waals surface area contributed by atoms with E-state index < -0.39 is 18.2 Å². The molecular weight excluding hydrogens is 316 g/mol. The molecule has 1 aliphatic carbocycles. The summed E-state index contributed by atoms with van der Waals surface area (Å²) in [5.41, 5.74) is 2.92. The Balaban J connectivity index is 1.66. The summed E-state index contributed by atoms with van der Waals surface area (Å²) in [5, 5.41) is 22.4. The minimum absolute atomic E-state index is 0.174. The second-order valence-corrected chi connectivity index (χ2v) is 6.17. The minimum Gasteiger partial charge on any atom is -0.445 e. The molecule has 0 saturated heterocycles. The maximum atomic E-state index is 12.1. The van der Waals surface area contributed by atoms with Crippen LogP contribution in [0.5, 0.6) is 0 Å². The maximum absolute atomic E-state index is 12.1. The predicted molar refractivity (Wildman–Crippen MR) is 92.7 cm³/mol. The fraction of sp³-hybridized carbons (Fsp3) is 0.300. The van der Waals surface area contributed by atoms with E-state index in [9.17, 15) is 9.90 Å². The number of nitriles is 1. The number of nitrogens with one attached hydrogen (secondary N) is 1. The summed E-state index contributed by atoms with van der Waals surface area (Å²) < 4.78 is 5.24. The Hall–Kier alpha value is -2.84. The van der Waals surface area contributed by atoms with Crippen molar-refractivity contribution in [2.75, 3.05) is 0 Å². The minimum atomic E-state index is -0.821. The number of carbonyl (C=O) groups is 1. The first kappa shape index (κ1) is 17.0. The molecule has 0 spiro atoms. The fourth-order valence-electron chi connectivity index (χ4n) is 3.29. The third-order valence-corrected chi connectivity index (χ3v) is 4.55. The molecule has 0 radical (unpaired) electrons. The number of carbonyl (C=O) groups excluding carboxylic acids is 1. The van der Waals surface area contributed by atoms with E-state index in [4.69, 9.17) is 10.00 Å². The Morgan fingerprint density at radius 2 is 1.92 bits per heavy atom. The molecule has 2 aromatic rings. The molecule has 25 heavy (non-hydrogen) atoms. The molecule has 2 N–H and O–H groups in total. The van der Waals surface area contributed by atoms with Crippen LogP contribution in [0.25, 0.3) is 0 Å². The summed E-state index contributed by atoms with van der Waals surface area (Å²) in [6.07, 6.45) is -0.670. The molecule has 1 aliphatic rings.